The molecular formula is C13H23N3O. The van der Waals surface area contributed by atoms with E-state index >= 15 is 0 Å². The summed E-state index contributed by atoms with van der Waals surface area (Å²) in [7, 11) is 2.00. The van der Waals surface area contributed by atoms with Gasteiger partial charge >= 0.3 is 6.03 Å². The van der Waals surface area contributed by atoms with Crippen LogP contribution in [0.2, 0.25) is 0 Å². The summed E-state index contributed by atoms with van der Waals surface area (Å²) in [6.07, 6.45) is 7.24. The number of hydrogen-bond acceptors (Lipinski definition) is 2. The molecule has 0 aromatic carbocycles. The molecule has 96 valence electrons. The summed E-state index contributed by atoms with van der Waals surface area (Å²) in [6.45, 7) is 1.92. The lowest BCUT2D eigenvalue weighted by Crippen LogP contribution is -2.51. The van der Waals surface area contributed by atoms with Crippen LogP contribution >= 0.6 is 0 Å². The number of urea groups is 1. The van der Waals surface area contributed by atoms with Gasteiger partial charge in [-0.2, -0.15) is 0 Å². The molecule has 0 radical (unpaired) electrons. The second kappa shape index (κ2) is 4.48. The molecule has 3 rings (SSSR count). The Hall–Kier alpha value is -0.770. The van der Waals surface area contributed by atoms with Gasteiger partial charge in [-0.3, -0.25) is 0 Å². The summed E-state index contributed by atoms with van der Waals surface area (Å²) >= 11 is 0. The molecule has 17 heavy (non-hydrogen) atoms. The van der Waals surface area contributed by atoms with Gasteiger partial charge in [0.1, 0.15) is 0 Å². The van der Waals surface area contributed by atoms with Gasteiger partial charge in [0, 0.05) is 38.3 Å². The van der Waals surface area contributed by atoms with Gasteiger partial charge in [0.15, 0.2) is 0 Å². The van der Waals surface area contributed by atoms with Crippen LogP contribution in [0.5, 0.6) is 0 Å². The molecule has 0 aromatic heterocycles. The highest BCUT2D eigenvalue weighted by molar-refractivity contribution is 5.74. The van der Waals surface area contributed by atoms with Crippen molar-refractivity contribution in [3.05, 3.63) is 0 Å². The molecule has 3 aliphatic rings. The minimum Gasteiger partial charge on any atom is -0.325 e. The van der Waals surface area contributed by atoms with Crippen LogP contribution in [0.1, 0.15) is 38.5 Å². The van der Waals surface area contributed by atoms with Crippen LogP contribution in [0.15, 0.2) is 0 Å². The number of carbonyl (C=O) groups is 1. The van der Waals surface area contributed by atoms with Gasteiger partial charge in [-0.25, -0.2) is 4.79 Å². The summed E-state index contributed by atoms with van der Waals surface area (Å²) < 4.78 is 0. The van der Waals surface area contributed by atoms with Crippen LogP contribution in [0, 0.1) is 0 Å². The topological polar surface area (TPSA) is 35.6 Å². The average Bonchev–Trinajstić information content (AvgIpc) is 2.97. The Kier molecular flexibility index (Phi) is 2.99. The minimum absolute atomic E-state index is 0.258. The summed E-state index contributed by atoms with van der Waals surface area (Å²) in [5.41, 5.74) is 0. The first-order valence-electron chi connectivity index (χ1n) is 7.02. The lowest BCUT2D eigenvalue weighted by Gasteiger charge is -2.37. The lowest BCUT2D eigenvalue weighted by atomic mass is 9.99. The Labute approximate surface area is 103 Å². The molecule has 2 bridgehead atoms. The maximum absolute atomic E-state index is 12.3. The quantitative estimate of drug-likeness (QED) is 0.748. The number of hydrogen-bond donors (Lipinski definition) is 1. The van der Waals surface area contributed by atoms with Gasteiger partial charge in [0.25, 0.3) is 0 Å². The van der Waals surface area contributed by atoms with Gasteiger partial charge in [-0.15, -0.1) is 0 Å². The third-order valence-corrected chi connectivity index (χ3v) is 4.67. The monoisotopic (exact) mass is 237 g/mol. The summed E-state index contributed by atoms with van der Waals surface area (Å²) in [5.74, 6) is 0. The van der Waals surface area contributed by atoms with Crippen molar-refractivity contribution in [3.8, 4) is 0 Å². The molecule has 0 aromatic rings. The largest absolute Gasteiger partial charge is 0.325 e. The van der Waals surface area contributed by atoms with E-state index in [9.17, 15) is 4.79 Å². The fourth-order valence-electron chi connectivity index (χ4n) is 3.63. The zero-order valence-corrected chi connectivity index (χ0v) is 10.7. The highest BCUT2D eigenvalue weighted by Crippen LogP contribution is 2.29. The minimum atomic E-state index is 0.258. The van der Waals surface area contributed by atoms with E-state index in [1.165, 1.54) is 25.7 Å². The molecule has 4 heteroatoms. The van der Waals surface area contributed by atoms with Gasteiger partial charge in [-0.05, 0) is 38.5 Å². The van der Waals surface area contributed by atoms with Crippen molar-refractivity contribution in [2.75, 3.05) is 20.1 Å². The van der Waals surface area contributed by atoms with Crippen LogP contribution in [0.3, 0.4) is 0 Å². The number of nitrogens with one attached hydrogen (secondary N) is 1. The third-order valence-electron chi connectivity index (χ3n) is 4.67. The third kappa shape index (κ3) is 2.15. The molecule has 2 amide bonds. The number of fused-ring (bicyclic) bond motifs is 2. The van der Waals surface area contributed by atoms with E-state index in [0.717, 1.165) is 25.9 Å². The molecule has 0 saturated carbocycles. The van der Waals surface area contributed by atoms with Crippen LogP contribution in [-0.2, 0) is 0 Å². The van der Waals surface area contributed by atoms with Gasteiger partial charge in [0.05, 0.1) is 0 Å². The van der Waals surface area contributed by atoms with Gasteiger partial charge in [0.2, 0.25) is 0 Å². The number of likely N-dealkylation sites (tertiary alicyclic amines) is 1. The summed E-state index contributed by atoms with van der Waals surface area (Å²) in [4.78, 5) is 16.3. The molecule has 3 heterocycles. The van der Waals surface area contributed by atoms with Crippen LogP contribution in [0.4, 0.5) is 4.79 Å². The molecule has 4 nitrogen and oxygen atoms in total. The highest BCUT2D eigenvalue weighted by atomic mass is 16.2. The normalized spacial score (nSPS) is 36.3. The molecule has 3 aliphatic heterocycles. The number of nitrogens with zero attached hydrogens (tertiary/aromatic N) is 2. The smallest absolute Gasteiger partial charge is 0.319 e. The summed E-state index contributed by atoms with van der Waals surface area (Å²) in [6, 6.07) is 2.04. The predicted octanol–water partition coefficient (Wildman–Crippen LogP) is 1.42. The molecule has 3 fully saturated rings. The molecule has 2 atom stereocenters. The molecular weight excluding hydrogens is 214 g/mol. The van der Waals surface area contributed by atoms with E-state index in [-0.39, 0.29) is 6.03 Å². The van der Waals surface area contributed by atoms with Crippen molar-refractivity contribution >= 4 is 6.03 Å². The Morgan fingerprint density at radius 2 is 1.76 bits per heavy atom. The average molecular weight is 237 g/mol. The second-order valence-electron chi connectivity index (χ2n) is 5.85. The molecule has 0 spiro atoms. The van der Waals surface area contributed by atoms with Crippen molar-refractivity contribution in [2.45, 2.75) is 56.7 Å². The molecule has 2 unspecified atom stereocenters. The van der Waals surface area contributed by atoms with E-state index in [1.54, 1.807) is 0 Å². The van der Waals surface area contributed by atoms with Gasteiger partial charge < -0.3 is 15.1 Å². The summed E-state index contributed by atoms with van der Waals surface area (Å²) in [5, 5.41) is 3.63. The molecule has 1 N–H and O–H groups in total. The first kappa shape index (κ1) is 11.3. The molecule has 3 saturated heterocycles. The fourth-order valence-corrected chi connectivity index (χ4v) is 3.63. The fraction of sp³-hybridized carbons (Fsp3) is 0.923. The first-order chi connectivity index (χ1) is 8.24. The van der Waals surface area contributed by atoms with E-state index in [4.69, 9.17) is 0 Å². The number of piperidine rings is 1. The van der Waals surface area contributed by atoms with Crippen LogP contribution in [0.25, 0.3) is 0 Å². The lowest BCUT2D eigenvalue weighted by molar-refractivity contribution is 0.136. The zero-order chi connectivity index (χ0) is 11.8. The van der Waals surface area contributed by atoms with E-state index in [0.29, 0.717) is 18.1 Å². The first-order valence-corrected chi connectivity index (χ1v) is 7.02. The van der Waals surface area contributed by atoms with Crippen molar-refractivity contribution < 1.29 is 4.79 Å². The number of carbonyl (C=O) groups excluding carboxylic acids is 1. The zero-order valence-electron chi connectivity index (χ0n) is 10.7. The SMILES string of the molecule is CN(C(=O)N1CCCC1)C1CC2CCC(C1)N2. The Balaban J connectivity index is 1.61. The number of amides is 2. The van der Waals surface area contributed by atoms with E-state index in [2.05, 4.69) is 5.32 Å². The second-order valence-corrected chi connectivity index (χ2v) is 5.85. The predicted molar refractivity (Wildman–Crippen MR) is 66.9 cm³/mol. The highest BCUT2D eigenvalue weighted by Gasteiger charge is 2.37. The Morgan fingerprint density at radius 3 is 2.35 bits per heavy atom. The van der Waals surface area contributed by atoms with Crippen LogP contribution < -0.4 is 5.32 Å². The van der Waals surface area contributed by atoms with Crippen molar-refractivity contribution in [1.82, 2.24) is 15.1 Å². The Bertz CT molecular complexity index is 289. The maximum Gasteiger partial charge on any atom is 0.319 e. The van der Waals surface area contributed by atoms with Crippen molar-refractivity contribution in [2.24, 2.45) is 0 Å². The van der Waals surface area contributed by atoms with E-state index < -0.39 is 0 Å². The van der Waals surface area contributed by atoms with Crippen molar-refractivity contribution in [3.63, 3.8) is 0 Å². The van der Waals surface area contributed by atoms with Crippen molar-refractivity contribution in [1.29, 1.82) is 0 Å². The van der Waals surface area contributed by atoms with Gasteiger partial charge in [-0.1, -0.05) is 0 Å². The standard InChI is InChI=1S/C13H23N3O/c1-15(13(17)16-6-2-3-7-16)12-8-10-4-5-11(9-12)14-10/h10-12,14H,2-9H2,1H3. The maximum atomic E-state index is 12.3. The molecule has 0 aliphatic carbocycles. The Morgan fingerprint density at radius 1 is 1.18 bits per heavy atom. The van der Waals surface area contributed by atoms with Crippen LogP contribution in [-0.4, -0.2) is 54.1 Å². The number of rotatable bonds is 1. The van der Waals surface area contributed by atoms with E-state index in [1.807, 2.05) is 16.8 Å².